The molecule has 0 amide bonds. The number of nitrogens with zero attached hydrogens (tertiary/aromatic N) is 5. The summed E-state index contributed by atoms with van der Waals surface area (Å²) in [6.45, 7) is 4.98. The van der Waals surface area contributed by atoms with E-state index < -0.39 is 0 Å². The predicted octanol–water partition coefficient (Wildman–Crippen LogP) is 2.94. The number of rotatable bonds is 3. The van der Waals surface area contributed by atoms with Crippen molar-refractivity contribution in [1.82, 2.24) is 19.4 Å². The van der Waals surface area contributed by atoms with E-state index in [0.717, 1.165) is 49.1 Å². The maximum absolute atomic E-state index is 6.09. The van der Waals surface area contributed by atoms with Crippen LogP contribution in [0.25, 0.3) is 10.9 Å². The highest BCUT2D eigenvalue weighted by Crippen LogP contribution is 2.28. The number of aromatic nitrogens is 3. The van der Waals surface area contributed by atoms with Crippen molar-refractivity contribution in [1.29, 1.82) is 0 Å². The van der Waals surface area contributed by atoms with Gasteiger partial charge in [0.2, 0.25) is 0 Å². The van der Waals surface area contributed by atoms with Gasteiger partial charge in [-0.1, -0.05) is 11.6 Å². The van der Waals surface area contributed by atoms with Crippen LogP contribution in [0.2, 0.25) is 5.02 Å². The Morgan fingerprint density at radius 2 is 1.88 bits per heavy atom. The number of imidazole rings is 1. The molecule has 2 aromatic heterocycles. The van der Waals surface area contributed by atoms with E-state index in [1.54, 1.807) is 0 Å². The number of aryl methyl sites for hydroxylation is 1. The smallest absolute Gasteiger partial charge is 0.122 e. The topological polar surface area (TPSA) is 37.2 Å². The molecule has 3 heterocycles. The standard InChI is InChI=1S/C18H20ClN5/c1-22-7-6-21-18(22)13-23-8-10-24(11-9-23)17-4-5-20-16-12-14(19)2-3-15(16)17/h2-7,12H,8-11,13H2,1H3. The second-order valence-electron chi connectivity index (χ2n) is 6.21. The van der Waals surface area contributed by atoms with Crippen molar-refractivity contribution >= 4 is 28.2 Å². The van der Waals surface area contributed by atoms with E-state index in [0.29, 0.717) is 0 Å². The van der Waals surface area contributed by atoms with Crippen LogP contribution in [0.4, 0.5) is 5.69 Å². The molecule has 1 aliphatic rings. The van der Waals surface area contributed by atoms with Crippen molar-refractivity contribution in [3.63, 3.8) is 0 Å². The third kappa shape index (κ3) is 2.97. The first-order valence-corrected chi connectivity index (χ1v) is 8.56. The second-order valence-corrected chi connectivity index (χ2v) is 6.65. The number of hydrogen-bond donors (Lipinski definition) is 0. The number of hydrogen-bond acceptors (Lipinski definition) is 4. The fraction of sp³-hybridized carbons (Fsp3) is 0.333. The molecule has 1 aromatic carbocycles. The number of piperazine rings is 1. The van der Waals surface area contributed by atoms with Crippen molar-refractivity contribution in [2.24, 2.45) is 7.05 Å². The molecule has 124 valence electrons. The van der Waals surface area contributed by atoms with Gasteiger partial charge in [0, 0.05) is 67.9 Å². The lowest BCUT2D eigenvalue weighted by Crippen LogP contribution is -2.46. The summed E-state index contributed by atoms with van der Waals surface area (Å²) in [4.78, 5) is 13.8. The second kappa shape index (κ2) is 6.42. The van der Waals surface area contributed by atoms with Crippen LogP contribution in [0.3, 0.4) is 0 Å². The summed E-state index contributed by atoms with van der Waals surface area (Å²) in [6, 6.07) is 8.04. The van der Waals surface area contributed by atoms with Gasteiger partial charge in [0.05, 0.1) is 12.1 Å². The number of anilines is 1. The van der Waals surface area contributed by atoms with Crippen LogP contribution in [0, 0.1) is 0 Å². The molecule has 0 atom stereocenters. The van der Waals surface area contributed by atoms with E-state index in [1.807, 2.05) is 37.8 Å². The lowest BCUT2D eigenvalue weighted by atomic mass is 10.1. The molecule has 24 heavy (non-hydrogen) atoms. The molecule has 5 nitrogen and oxygen atoms in total. The highest BCUT2D eigenvalue weighted by Gasteiger charge is 2.20. The lowest BCUT2D eigenvalue weighted by Gasteiger charge is -2.36. The van der Waals surface area contributed by atoms with Crippen molar-refractivity contribution in [2.45, 2.75) is 6.54 Å². The highest BCUT2D eigenvalue weighted by molar-refractivity contribution is 6.31. The summed E-state index contributed by atoms with van der Waals surface area (Å²) >= 11 is 6.09. The van der Waals surface area contributed by atoms with Gasteiger partial charge in [-0.3, -0.25) is 9.88 Å². The Bertz CT molecular complexity index is 851. The average Bonchev–Trinajstić information content (AvgIpc) is 3.00. The van der Waals surface area contributed by atoms with Crippen molar-refractivity contribution in [3.8, 4) is 0 Å². The van der Waals surface area contributed by atoms with Crippen LogP contribution in [0.5, 0.6) is 0 Å². The lowest BCUT2D eigenvalue weighted by molar-refractivity contribution is 0.242. The van der Waals surface area contributed by atoms with Crippen LogP contribution in [-0.2, 0) is 13.6 Å². The molecule has 6 heteroatoms. The number of fused-ring (bicyclic) bond motifs is 1. The van der Waals surface area contributed by atoms with Crippen LogP contribution in [0.15, 0.2) is 42.9 Å². The molecule has 1 aliphatic heterocycles. The first kappa shape index (κ1) is 15.4. The van der Waals surface area contributed by atoms with Gasteiger partial charge in [-0.05, 0) is 24.3 Å². The van der Waals surface area contributed by atoms with Gasteiger partial charge in [0.15, 0.2) is 0 Å². The molecule has 0 spiro atoms. The van der Waals surface area contributed by atoms with E-state index in [-0.39, 0.29) is 0 Å². The van der Waals surface area contributed by atoms with E-state index in [4.69, 9.17) is 11.6 Å². The minimum absolute atomic E-state index is 0.729. The Kier molecular flexibility index (Phi) is 4.12. The number of benzene rings is 1. The van der Waals surface area contributed by atoms with Gasteiger partial charge in [0.25, 0.3) is 0 Å². The summed E-state index contributed by atoms with van der Waals surface area (Å²) in [5.74, 6) is 1.12. The Morgan fingerprint density at radius 3 is 2.62 bits per heavy atom. The Labute approximate surface area is 146 Å². The monoisotopic (exact) mass is 341 g/mol. The fourth-order valence-electron chi connectivity index (χ4n) is 3.28. The SMILES string of the molecule is Cn1ccnc1CN1CCN(c2ccnc3cc(Cl)ccc23)CC1. The molecule has 0 bridgehead atoms. The zero-order valence-electron chi connectivity index (χ0n) is 13.7. The molecule has 0 unspecified atom stereocenters. The quantitative estimate of drug-likeness (QED) is 0.734. The van der Waals surface area contributed by atoms with E-state index in [9.17, 15) is 0 Å². The molecule has 4 rings (SSSR count). The maximum atomic E-state index is 6.09. The van der Waals surface area contributed by atoms with Gasteiger partial charge < -0.3 is 9.47 Å². The maximum Gasteiger partial charge on any atom is 0.122 e. The third-order valence-electron chi connectivity index (χ3n) is 4.68. The summed E-state index contributed by atoms with van der Waals surface area (Å²) in [5, 5.41) is 1.89. The summed E-state index contributed by atoms with van der Waals surface area (Å²) < 4.78 is 2.09. The molecule has 0 N–H and O–H groups in total. The molecule has 0 radical (unpaired) electrons. The fourth-order valence-corrected chi connectivity index (χ4v) is 3.44. The van der Waals surface area contributed by atoms with Crippen LogP contribution in [0.1, 0.15) is 5.82 Å². The number of pyridine rings is 1. The van der Waals surface area contributed by atoms with E-state index in [1.165, 1.54) is 11.1 Å². The molecule has 0 saturated carbocycles. The van der Waals surface area contributed by atoms with Gasteiger partial charge in [-0.2, -0.15) is 0 Å². The van der Waals surface area contributed by atoms with Gasteiger partial charge in [-0.15, -0.1) is 0 Å². The van der Waals surface area contributed by atoms with Crippen LogP contribution >= 0.6 is 11.6 Å². The molecule has 1 fully saturated rings. The van der Waals surface area contributed by atoms with Gasteiger partial charge >= 0.3 is 0 Å². The molecule has 1 saturated heterocycles. The van der Waals surface area contributed by atoms with Crippen LogP contribution < -0.4 is 4.90 Å². The molecular weight excluding hydrogens is 322 g/mol. The highest BCUT2D eigenvalue weighted by atomic mass is 35.5. The van der Waals surface area contributed by atoms with Gasteiger partial charge in [-0.25, -0.2) is 4.98 Å². The summed E-state index contributed by atoms with van der Waals surface area (Å²) in [7, 11) is 2.05. The Morgan fingerprint density at radius 1 is 1.04 bits per heavy atom. The van der Waals surface area contributed by atoms with Crippen molar-refractivity contribution in [2.75, 3.05) is 31.1 Å². The summed E-state index contributed by atoms with van der Waals surface area (Å²) in [5.41, 5.74) is 2.20. The molecular formula is C18H20ClN5. The third-order valence-corrected chi connectivity index (χ3v) is 4.92. The zero-order valence-corrected chi connectivity index (χ0v) is 14.4. The largest absolute Gasteiger partial charge is 0.368 e. The zero-order chi connectivity index (χ0) is 16.5. The normalized spacial score (nSPS) is 16.0. The first-order chi connectivity index (χ1) is 11.7. The minimum atomic E-state index is 0.729. The summed E-state index contributed by atoms with van der Waals surface area (Å²) in [6.07, 6.45) is 5.73. The first-order valence-electron chi connectivity index (χ1n) is 8.18. The van der Waals surface area contributed by atoms with Crippen molar-refractivity contribution < 1.29 is 0 Å². The molecule has 0 aliphatic carbocycles. The predicted molar refractivity (Wildman–Crippen MR) is 97.5 cm³/mol. The van der Waals surface area contributed by atoms with Crippen molar-refractivity contribution in [3.05, 3.63) is 53.7 Å². The number of halogens is 1. The Hall–Kier alpha value is -2.11. The van der Waals surface area contributed by atoms with E-state index in [2.05, 4.69) is 36.5 Å². The average molecular weight is 342 g/mol. The minimum Gasteiger partial charge on any atom is -0.368 e. The van der Waals surface area contributed by atoms with Crippen LogP contribution in [-0.4, -0.2) is 45.6 Å². The van der Waals surface area contributed by atoms with E-state index >= 15 is 0 Å². The Balaban J connectivity index is 1.49. The molecule has 3 aromatic rings. The van der Waals surface area contributed by atoms with Gasteiger partial charge in [0.1, 0.15) is 5.82 Å².